The highest BCUT2D eigenvalue weighted by atomic mass is 32.1. The molecule has 168 valence electrons. The van der Waals surface area contributed by atoms with Crippen LogP contribution < -0.4 is 4.74 Å². The van der Waals surface area contributed by atoms with E-state index in [9.17, 15) is 9.59 Å². The maximum Gasteiger partial charge on any atom is 0.410 e. The van der Waals surface area contributed by atoms with Crippen molar-refractivity contribution in [2.24, 2.45) is 5.92 Å². The summed E-state index contributed by atoms with van der Waals surface area (Å²) in [6.07, 6.45) is 0.985. The van der Waals surface area contributed by atoms with Crippen molar-refractivity contribution < 1.29 is 19.1 Å². The van der Waals surface area contributed by atoms with E-state index in [1.807, 2.05) is 61.4 Å². The second-order valence-corrected chi connectivity index (χ2v) is 9.86. The van der Waals surface area contributed by atoms with Crippen molar-refractivity contribution in [3.8, 4) is 5.75 Å². The molecule has 3 rings (SSSR count). The molecule has 1 aliphatic rings. The van der Waals surface area contributed by atoms with Crippen molar-refractivity contribution in [2.75, 3.05) is 20.2 Å². The van der Waals surface area contributed by atoms with Gasteiger partial charge in [0.1, 0.15) is 11.4 Å². The maximum atomic E-state index is 13.5. The van der Waals surface area contributed by atoms with Crippen LogP contribution in [0.2, 0.25) is 0 Å². The number of amides is 2. The summed E-state index contributed by atoms with van der Waals surface area (Å²) in [6, 6.07) is 11.9. The standard InChI is InChI=1S/C24H32N2O4S/c1-24(2,3)30-23(28)25-13-11-18(12-14-25)22(27)26(17-20-9-7-15-31-20)16-19-8-5-6-10-21(19)29-4/h5-10,15,18H,11-14,16-17H2,1-4H3. The third-order valence-electron chi connectivity index (χ3n) is 5.29. The molecule has 0 N–H and O–H groups in total. The van der Waals surface area contributed by atoms with Crippen LogP contribution in [-0.2, 0) is 22.6 Å². The number of benzene rings is 1. The Morgan fingerprint density at radius 2 is 1.81 bits per heavy atom. The van der Waals surface area contributed by atoms with Crippen molar-refractivity contribution in [2.45, 2.75) is 52.3 Å². The van der Waals surface area contributed by atoms with Crippen LogP contribution in [0.15, 0.2) is 41.8 Å². The molecule has 0 bridgehead atoms. The first kappa shape index (κ1) is 23.1. The minimum absolute atomic E-state index is 0.103. The van der Waals surface area contributed by atoms with Gasteiger partial charge in [0.05, 0.1) is 13.7 Å². The fraction of sp³-hybridized carbons (Fsp3) is 0.500. The van der Waals surface area contributed by atoms with Crippen molar-refractivity contribution in [3.63, 3.8) is 0 Å². The summed E-state index contributed by atoms with van der Waals surface area (Å²) in [4.78, 5) is 30.6. The van der Waals surface area contributed by atoms with Crippen LogP contribution in [0.25, 0.3) is 0 Å². The number of thiophene rings is 1. The highest BCUT2D eigenvalue weighted by molar-refractivity contribution is 7.09. The Morgan fingerprint density at radius 1 is 1.10 bits per heavy atom. The van der Waals surface area contributed by atoms with Gasteiger partial charge < -0.3 is 19.3 Å². The van der Waals surface area contributed by atoms with E-state index < -0.39 is 5.60 Å². The number of ether oxygens (including phenoxy) is 2. The molecule has 1 aromatic carbocycles. The number of hydrogen-bond donors (Lipinski definition) is 0. The van der Waals surface area contributed by atoms with Gasteiger partial charge in [-0.3, -0.25) is 4.79 Å². The number of likely N-dealkylation sites (tertiary alicyclic amines) is 1. The van der Waals surface area contributed by atoms with Crippen LogP contribution >= 0.6 is 11.3 Å². The zero-order chi connectivity index (χ0) is 22.4. The van der Waals surface area contributed by atoms with Crippen LogP contribution in [0.3, 0.4) is 0 Å². The molecule has 2 heterocycles. The fourth-order valence-electron chi connectivity index (χ4n) is 3.74. The summed E-state index contributed by atoms with van der Waals surface area (Å²) in [5, 5.41) is 2.03. The molecule has 1 aromatic heterocycles. The van der Waals surface area contributed by atoms with Crippen molar-refractivity contribution in [1.82, 2.24) is 9.80 Å². The van der Waals surface area contributed by atoms with Gasteiger partial charge in [-0.05, 0) is 51.1 Å². The largest absolute Gasteiger partial charge is 0.496 e. The Morgan fingerprint density at radius 3 is 2.42 bits per heavy atom. The molecule has 6 nitrogen and oxygen atoms in total. The first-order chi connectivity index (χ1) is 14.8. The monoisotopic (exact) mass is 444 g/mol. The Hall–Kier alpha value is -2.54. The molecule has 2 aromatic rings. The summed E-state index contributed by atoms with van der Waals surface area (Å²) in [6.45, 7) is 7.72. The molecule has 1 saturated heterocycles. The quantitative estimate of drug-likeness (QED) is 0.634. The SMILES string of the molecule is COc1ccccc1CN(Cc1cccs1)C(=O)C1CCN(C(=O)OC(C)(C)C)CC1. The van der Waals surface area contributed by atoms with E-state index in [4.69, 9.17) is 9.47 Å². The molecule has 0 unspecified atom stereocenters. The summed E-state index contributed by atoms with van der Waals surface area (Å²) >= 11 is 1.65. The number of hydrogen-bond acceptors (Lipinski definition) is 5. The normalized spacial score (nSPS) is 14.9. The van der Waals surface area contributed by atoms with Gasteiger partial charge in [0.2, 0.25) is 5.91 Å². The van der Waals surface area contributed by atoms with Gasteiger partial charge in [0, 0.05) is 36.0 Å². The van der Waals surface area contributed by atoms with Gasteiger partial charge in [0.25, 0.3) is 0 Å². The number of methoxy groups -OCH3 is 1. The number of para-hydroxylation sites is 1. The van der Waals surface area contributed by atoms with Crippen molar-refractivity contribution in [3.05, 3.63) is 52.2 Å². The first-order valence-electron chi connectivity index (χ1n) is 10.7. The van der Waals surface area contributed by atoms with Crippen LogP contribution in [0.4, 0.5) is 4.79 Å². The van der Waals surface area contributed by atoms with E-state index in [0.29, 0.717) is 39.0 Å². The number of piperidine rings is 1. The highest BCUT2D eigenvalue weighted by Gasteiger charge is 2.32. The Labute approximate surface area is 188 Å². The Balaban J connectivity index is 1.68. The average Bonchev–Trinajstić information content (AvgIpc) is 3.25. The van der Waals surface area contributed by atoms with Gasteiger partial charge in [-0.1, -0.05) is 24.3 Å². The lowest BCUT2D eigenvalue weighted by molar-refractivity contribution is -0.138. The molecular formula is C24H32N2O4S. The summed E-state index contributed by atoms with van der Waals surface area (Å²) in [5.74, 6) is 0.808. The number of nitrogens with zero attached hydrogens (tertiary/aromatic N) is 2. The lowest BCUT2D eigenvalue weighted by Gasteiger charge is -2.35. The van der Waals surface area contributed by atoms with Crippen molar-refractivity contribution in [1.29, 1.82) is 0 Å². The van der Waals surface area contributed by atoms with E-state index in [0.717, 1.165) is 16.2 Å². The molecule has 1 aliphatic heterocycles. The third-order valence-corrected chi connectivity index (χ3v) is 6.15. The molecule has 7 heteroatoms. The fourth-order valence-corrected chi connectivity index (χ4v) is 4.45. The molecule has 1 fully saturated rings. The number of rotatable bonds is 6. The molecular weight excluding hydrogens is 412 g/mol. The molecule has 0 spiro atoms. The highest BCUT2D eigenvalue weighted by Crippen LogP contribution is 2.26. The molecule has 31 heavy (non-hydrogen) atoms. The van der Waals surface area contributed by atoms with Gasteiger partial charge in [-0.25, -0.2) is 4.79 Å². The van der Waals surface area contributed by atoms with E-state index >= 15 is 0 Å². The molecule has 0 saturated carbocycles. The summed E-state index contributed by atoms with van der Waals surface area (Å²) in [7, 11) is 1.65. The van der Waals surface area contributed by atoms with E-state index in [1.54, 1.807) is 23.3 Å². The predicted molar refractivity (Wildman–Crippen MR) is 122 cm³/mol. The van der Waals surface area contributed by atoms with Gasteiger partial charge in [-0.15, -0.1) is 11.3 Å². The van der Waals surface area contributed by atoms with Crippen LogP contribution in [-0.4, -0.2) is 47.6 Å². The van der Waals surface area contributed by atoms with E-state index in [-0.39, 0.29) is 17.9 Å². The van der Waals surface area contributed by atoms with Gasteiger partial charge in [0.15, 0.2) is 0 Å². The van der Waals surface area contributed by atoms with Crippen molar-refractivity contribution >= 4 is 23.3 Å². The minimum Gasteiger partial charge on any atom is -0.496 e. The zero-order valence-electron chi connectivity index (χ0n) is 18.8. The van der Waals surface area contributed by atoms with E-state index in [1.165, 1.54) is 0 Å². The van der Waals surface area contributed by atoms with Crippen LogP contribution in [0, 0.1) is 5.92 Å². The lowest BCUT2D eigenvalue weighted by Crippen LogP contribution is -2.45. The Bertz CT molecular complexity index is 868. The van der Waals surface area contributed by atoms with E-state index in [2.05, 4.69) is 6.07 Å². The zero-order valence-corrected chi connectivity index (χ0v) is 19.6. The second-order valence-electron chi connectivity index (χ2n) is 8.83. The van der Waals surface area contributed by atoms with Crippen LogP contribution in [0.5, 0.6) is 5.75 Å². The summed E-state index contributed by atoms with van der Waals surface area (Å²) < 4.78 is 11.0. The average molecular weight is 445 g/mol. The minimum atomic E-state index is -0.518. The topological polar surface area (TPSA) is 59.1 Å². The summed E-state index contributed by atoms with van der Waals surface area (Å²) in [5.41, 5.74) is 0.469. The van der Waals surface area contributed by atoms with Crippen LogP contribution in [0.1, 0.15) is 44.1 Å². The predicted octanol–water partition coefficient (Wildman–Crippen LogP) is 4.93. The third kappa shape index (κ3) is 6.47. The van der Waals surface area contributed by atoms with Gasteiger partial charge >= 0.3 is 6.09 Å². The smallest absolute Gasteiger partial charge is 0.410 e. The molecule has 0 radical (unpaired) electrons. The number of carbonyl (C=O) groups is 2. The maximum absolute atomic E-state index is 13.5. The molecule has 0 atom stereocenters. The Kier molecular flexibility index (Phi) is 7.59. The second kappa shape index (κ2) is 10.2. The first-order valence-corrected chi connectivity index (χ1v) is 11.6. The molecule has 2 amide bonds. The lowest BCUT2D eigenvalue weighted by atomic mass is 9.95. The van der Waals surface area contributed by atoms with Gasteiger partial charge in [-0.2, -0.15) is 0 Å². The number of carbonyl (C=O) groups excluding carboxylic acids is 2. The molecule has 0 aliphatic carbocycles.